The van der Waals surface area contributed by atoms with Gasteiger partial charge in [-0.2, -0.15) is 0 Å². The number of ether oxygens (including phenoxy) is 2. The van der Waals surface area contributed by atoms with E-state index in [1.54, 1.807) is 30.3 Å². The Bertz CT molecular complexity index is 1050. The third-order valence-corrected chi connectivity index (χ3v) is 4.32. The van der Waals surface area contributed by atoms with Crippen molar-refractivity contribution in [3.63, 3.8) is 0 Å². The van der Waals surface area contributed by atoms with E-state index in [0.29, 0.717) is 5.56 Å². The Hall–Kier alpha value is -3.48. The highest BCUT2D eigenvalue weighted by molar-refractivity contribution is 5.78. The molecule has 7 heteroatoms. The van der Waals surface area contributed by atoms with Gasteiger partial charge in [0.15, 0.2) is 17.3 Å². The minimum absolute atomic E-state index is 0.0753. The van der Waals surface area contributed by atoms with Crippen LogP contribution in [-0.4, -0.2) is 30.4 Å². The normalized spacial score (nSPS) is 11.9. The van der Waals surface area contributed by atoms with Crippen LogP contribution >= 0.6 is 0 Å². The van der Waals surface area contributed by atoms with Crippen LogP contribution in [0.25, 0.3) is 11.0 Å². The lowest BCUT2D eigenvalue weighted by Crippen LogP contribution is -2.13. The van der Waals surface area contributed by atoms with Gasteiger partial charge in [0.1, 0.15) is 5.58 Å². The second kappa shape index (κ2) is 7.41. The Morgan fingerprint density at radius 1 is 1.15 bits per heavy atom. The lowest BCUT2D eigenvalue weighted by molar-refractivity contribution is -0.140. The first-order chi connectivity index (χ1) is 13.0. The lowest BCUT2D eigenvalue weighted by Gasteiger charge is -2.18. The number of para-hydroxylation sites is 1. The first kappa shape index (κ1) is 18.3. The Balaban J connectivity index is 2.21. The number of hydrogen-bond acceptors (Lipinski definition) is 7. The van der Waals surface area contributed by atoms with E-state index in [-0.39, 0.29) is 34.6 Å². The topological polar surface area (TPSA) is 106 Å². The number of phenolic OH excluding ortho intramolecular Hbond substituents is 1. The second-order valence-electron chi connectivity index (χ2n) is 5.90. The molecule has 0 radical (unpaired) electrons. The molecule has 0 spiro atoms. The van der Waals surface area contributed by atoms with Crippen LogP contribution in [0.4, 0.5) is 0 Å². The van der Waals surface area contributed by atoms with Gasteiger partial charge < -0.3 is 24.1 Å². The summed E-state index contributed by atoms with van der Waals surface area (Å²) >= 11 is 0. The fourth-order valence-corrected chi connectivity index (χ4v) is 2.92. The quantitative estimate of drug-likeness (QED) is 0.665. The molecule has 1 aromatic heterocycles. The highest BCUT2D eigenvalue weighted by Crippen LogP contribution is 2.38. The number of carbonyl (C=O) groups excluding carboxylic acids is 1. The van der Waals surface area contributed by atoms with E-state index >= 15 is 0 Å². The summed E-state index contributed by atoms with van der Waals surface area (Å²) in [6, 6.07) is 11.0. The van der Waals surface area contributed by atoms with E-state index in [1.807, 2.05) is 0 Å². The Morgan fingerprint density at radius 3 is 2.56 bits per heavy atom. The summed E-state index contributed by atoms with van der Waals surface area (Å²) in [6.45, 7) is 0. The highest BCUT2D eigenvalue weighted by Gasteiger charge is 2.27. The molecule has 1 heterocycles. The van der Waals surface area contributed by atoms with Gasteiger partial charge in [0.2, 0.25) is 11.2 Å². The van der Waals surface area contributed by atoms with Crippen molar-refractivity contribution < 1.29 is 28.9 Å². The van der Waals surface area contributed by atoms with Gasteiger partial charge in [0, 0.05) is 0 Å². The zero-order chi connectivity index (χ0) is 19.6. The van der Waals surface area contributed by atoms with E-state index in [0.717, 1.165) is 0 Å². The first-order valence-electron chi connectivity index (χ1n) is 8.14. The largest absolute Gasteiger partial charge is 0.504 e. The van der Waals surface area contributed by atoms with Crippen molar-refractivity contribution in [3.05, 3.63) is 64.0 Å². The standard InChI is InChI=1S/C20H18O7/c1-25-16-8-7-11(9-14(16)21)13(10-17(22)26-2)20-19(24)18(23)12-5-3-4-6-15(12)27-20/h3-9,13,21,24H,10H2,1-2H3/t13-/m0/s1. The average Bonchev–Trinajstić information content (AvgIpc) is 2.68. The van der Waals surface area contributed by atoms with Crippen molar-refractivity contribution in [2.75, 3.05) is 14.2 Å². The summed E-state index contributed by atoms with van der Waals surface area (Å²) in [6.07, 6.45) is -0.197. The number of rotatable bonds is 5. The zero-order valence-corrected chi connectivity index (χ0v) is 14.8. The zero-order valence-electron chi connectivity index (χ0n) is 14.8. The number of phenols is 1. The Labute approximate surface area is 154 Å². The maximum absolute atomic E-state index is 12.5. The molecular formula is C20H18O7. The van der Waals surface area contributed by atoms with Crippen LogP contribution in [0.15, 0.2) is 51.7 Å². The lowest BCUT2D eigenvalue weighted by atomic mass is 9.91. The van der Waals surface area contributed by atoms with Gasteiger partial charge >= 0.3 is 5.97 Å². The first-order valence-corrected chi connectivity index (χ1v) is 8.14. The molecule has 2 aromatic carbocycles. The van der Waals surface area contributed by atoms with Gasteiger partial charge in [-0.1, -0.05) is 18.2 Å². The summed E-state index contributed by atoms with van der Waals surface area (Å²) in [5.41, 5.74) is 0.134. The molecule has 3 rings (SSSR count). The molecule has 0 aliphatic heterocycles. The van der Waals surface area contributed by atoms with Crippen LogP contribution in [0.5, 0.6) is 17.2 Å². The van der Waals surface area contributed by atoms with Crippen molar-refractivity contribution in [3.8, 4) is 17.2 Å². The van der Waals surface area contributed by atoms with Crippen LogP contribution in [0.2, 0.25) is 0 Å². The highest BCUT2D eigenvalue weighted by atomic mass is 16.5. The van der Waals surface area contributed by atoms with Crippen LogP contribution in [0.1, 0.15) is 23.7 Å². The van der Waals surface area contributed by atoms with Gasteiger partial charge in [-0.25, -0.2) is 0 Å². The molecule has 140 valence electrons. The molecule has 0 aliphatic rings. The van der Waals surface area contributed by atoms with Gasteiger partial charge in [-0.3, -0.25) is 9.59 Å². The molecule has 0 aliphatic carbocycles. The van der Waals surface area contributed by atoms with Gasteiger partial charge in [0.05, 0.1) is 31.9 Å². The Morgan fingerprint density at radius 2 is 1.89 bits per heavy atom. The van der Waals surface area contributed by atoms with Gasteiger partial charge in [-0.15, -0.1) is 0 Å². The van der Waals surface area contributed by atoms with E-state index < -0.39 is 23.1 Å². The smallest absolute Gasteiger partial charge is 0.306 e. The van der Waals surface area contributed by atoms with Crippen LogP contribution < -0.4 is 10.2 Å². The summed E-state index contributed by atoms with van der Waals surface area (Å²) in [5, 5.41) is 20.7. The van der Waals surface area contributed by atoms with E-state index in [2.05, 4.69) is 0 Å². The average molecular weight is 370 g/mol. The minimum atomic E-state index is -0.841. The molecular weight excluding hydrogens is 352 g/mol. The summed E-state index contributed by atoms with van der Waals surface area (Å²) < 4.78 is 15.5. The molecule has 0 saturated carbocycles. The van der Waals surface area contributed by atoms with E-state index in [4.69, 9.17) is 13.9 Å². The molecule has 0 saturated heterocycles. The SMILES string of the molecule is COC(=O)C[C@@H](c1ccc(OC)c(O)c1)c1oc2ccccc2c(=O)c1O. The minimum Gasteiger partial charge on any atom is -0.504 e. The monoisotopic (exact) mass is 370 g/mol. The van der Waals surface area contributed by atoms with Crippen LogP contribution in [0, 0.1) is 0 Å². The third kappa shape index (κ3) is 3.44. The van der Waals surface area contributed by atoms with Crippen molar-refractivity contribution in [1.82, 2.24) is 0 Å². The molecule has 0 bridgehead atoms. The third-order valence-electron chi connectivity index (χ3n) is 4.32. The molecule has 27 heavy (non-hydrogen) atoms. The maximum Gasteiger partial charge on any atom is 0.306 e. The van der Waals surface area contributed by atoms with Crippen molar-refractivity contribution in [1.29, 1.82) is 0 Å². The summed E-state index contributed by atoms with van der Waals surface area (Å²) in [7, 11) is 2.65. The van der Waals surface area contributed by atoms with Crippen molar-refractivity contribution in [2.24, 2.45) is 0 Å². The molecule has 7 nitrogen and oxygen atoms in total. The number of esters is 1. The van der Waals surface area contributed by atoms with E-state index in [1.165, 1.54) is 26.4 Å². The summed E-state index contributed by atoms with van der Waals surface area (Å²) in [4.78, 5) is 24.4. The predicted octanol–water partition coefficient (Wildman–Crippen LogP) is 2.91. The molecule has 1 atom stereocenters. The number of fused-ring (bicyclic) bond motifs is 1. The van der Waals surface area contributed by atoms with Crippen molar-refractivity contribution >= 4 is 16.9 Å². The number of benzene rings is 2. The Kier molecular flexibility index (Phi) is 5.03. The predicted molar refractivity (Wildman–Crippen MR) is 97.3 cm³/mol. The number of aromatic hydroxyl groups is 2. The molecule has 0 fully saturated rings. The molecule has 2 N–H and O–H groups in total. The van der Waals surface area contributed by atoms with Gasteiger partial charge in [-0.05, 0) is 29.8 Å². The second-order valence-corrected chi connectivity index (χ2v) is 5.90. The van der Waals surface area contributed by atoms with E-state index in [9.17, 15) is 19.8 Å². The maximum atomic E-state index is 12.5. The van der Waals surface area contributed by atoms with Crippen LogP contribution in [0.3, 0.4) is 0 Å². The molecule has 0 amide bonds. The number of methoxy groups -OCH3 is 2. The molecule has 0 unspecified atom stereocenters. The fraction of sp³-hybridized carbons (Fsp3) is 0.200. The number of carbonyl (C=O) groups is 1. The van der Waals surface area contributed by atoms with Crippen molar-refractivity contribution in [2.45, 2.75) is 12.3 Å². The van der Waals surface area contributed by atoms with Crippen LogP contribution in [-0.2, 0) is 9.53 Å². The molecule has 3 aromatic rings. The number of hydrogen-bond donors (Lipinski definition) is 2. The van der Waals surface area contributed by atoms with Gasteiger partial charge in [0.25, 0.3) is 0 Å². The fourth-order valence-electron chi connectivity index (χ4n) is 2.92. The summed E-state index contributed by atoms with van der Waals surface area (Å²) in [5.74, 6) is -1.96.